The SMILES string of the molecule is CCCCCCCCC1(N)CCCC(C(C)C)C1. The van der Waals surface area contributed by atoms with E-state index in [1.807, 2.05) is 0 Å². The number of nitrogens with two attached hydrogens (primary N) is 1. The van der Waals surface area contributed by atoms with Crippen LogP contribution in [0.4, 0.5) is 0 Å². The molecule has 1 aliphatic rings. The zero-order valence-electron chi connectivity index (χ0n) is 13.0. The Morgan fingerprint density at radius 1 is 1.11 bits per heavy atom. The fourth-order valence-electron chi connectivity index (χ4n) is 3.50. The summed E-state index contributed by atoms with van der Waals surface area (Å²) in [7, 11) is 0. The average Bonchev–Trinajstić information content (AvgIpc) is 2.33. The first-order valence-electron chi connectivity index (χ1n) is 8.36. The summed E-state index contributed by atoms with van der Waals surface area (Å²) in [5.41, 5.74) is 6.81. The van der Waals surface area contributed by atoms with Crippen LogP contribution in [0, 0.1) is 11.8 Å². The third kappa shape index (κ3) is 5.73. The van der Waals surface area contributed by atoms with Crippen molar-refractivity contribution in [3.63, 3.8) is 0 Å². The van der Waals surface area contributed by atoms with Gasteiger partial charge < -0.3 is 5.73 Å². The normalized spacial score (nSPS) is 28.8. The monoisotopic (exact) mass is 253 g/mol. The Labute approximate surface area is 115 Å². The molecule has 2 unspecified atom stereocenters. The lowest BCUT2D eigenvalue weighted by Crippen LogP contribution is -2.45. The van der Waals surface area contributed by atoms with Crippen LogP contribution < -0.4 is 5.73 Å². The van der Waals surface area contributed by atoms with E-state index in [2.05, 4.69) is 20.8 Å². The topological polar surface area (TPSA) is 26.0 Å². The third-order valence-corrected chi connectivity index (χ3v) is 4.89. The summed E-state index contributed by atoms with van der Waals surface area (Å²) in [6.07, 6.45) is 14.9. The predicted octanol–water partition coefficient (Wildman–Crippen LogP) is 5.28. The molecule has 0 heterocycles. The zero-order chi connectivity index (χ0) is 13.4. The summed E-state index contributed by atoms with van der Waals surface area (Å²) in [6.45, 7) is 7.01. The Morgan fingerprint density at radius 2 is 1.78 bits per heavy atom. The summed E-state index contributed by atoms with van der Waals surface area (Å²) < 4.78 is 0. The van der Waals surface area contributed by atoms with Crippen molar-refractivity contribution in [3.05, 3.63) is 0 Å². The molecule has 2 atom stereocenters. The van der Waals surface area contributed by atoms with Crippen molar-refractivity contribution in [2.75, 3.05) is 0 Å². The summed E-state index contributed by atoms with van der Waals surface area (Å²) >= 11 is 0. The van der Waals surface area contributed by atoms with E-state index >= 15 is 0 Å². The number of unbranched alkanes of at least 4 members (excludes halogenated alkanes) is 5. The van der Waals surface area contributed by atoms with E-state index in [1.165, 1.54) is 70.6 Å². The second kappa shape index (κ2) is 8.19. The molecule has 1 nitrogen and oxygen atoms in total. The average molecular weight is 253 g/mol. The smallest absolute Gasteiger partial charge is 0.0157 e. The maximum atomic E-state index is 6.63. The largest absolute Gasteiger partial charge is 0.325 e. The minimum atomic E-state index is 0.179. The predicted molar refractivity (Wildman–Crippen MR) is 81.7 cm³/mol. The maximum absolute atomic E-state index is 6.63. The van der Waals surface area contributed by atoms with Gasteiger partial charge in [-0.1, -0.05) is 72.1 Å². The molecule has 1 fully saturated rings. The van der Waals surface area contributed by atoms with Gasteiger partial charge in [-0.2, -0.15) is 0 Å². The quantitative estimate of drug-likeness (QED) is 0.585. The van der Waals surface area contributed by atoms with Gasteiger partial charge in [-0.3, -0.25) is 0 Å². The molecule has 1 aliphatic carbocycles. The second-order valence-electron chi connectivity index (χ2n) is 6.98. The molecule has 0 radical (unpaired) electrons. The van der Waals surface area contributed by atoms with Crippen LogP contribution in [0.1, 0.15) is 91.4 Å². The lowest BCUT2D eigenvalue weighted by molar-refractivity contribution is 0.171. The highest BCUT2D eigenvalue weighted by molar-refractivity contribution is 4.91. The molecule has 1 rings (SSSR count). The number of hydrogen-bond acceptors (Lipinski definition) is 1. The minimum Gasteiger partial charge on any atom is -0.325 e. The van der Waals surface area contributed by atoms with Crippen LogP contribution in [0.15, 0.2) is 0 Å². The molecule has 1 heteroatoms. The van der Waals surface area contributed by atoms with Gasteiger partial charge in [-0.15, -0.1) is 0 Å². The number of rotatable bonds is 8. The first kappa shape index (κ1) is 16.0. The van der Waals surface area contributed by atoms with Crippen molar-refractivity contribution in [3.8, 4) is 0 Å². The summed E-state index contributed by atoms with van der Waals surface area (Å²) in [5, 5.41) is 0. The lowest BCUT2D eigenvalue weighted by Gasteiger charge is -2.40. The highest BCUT2D eigenvalue weighted by Crippen LogP contribution is 2.37. The van der Waals surface area contributed by atoms with Gasteiger partial charge in [0.05, 0.1) is 0 Å². The molecule has 0 aromatic heterocycles. The Balaban J connectivity index is 2.18. The highest BCUT2D eigenvalue weighted by atomic mass is 14.7. The van der Waals surface area contributed by atoms with E-state index in [-0.39, 0.29) is 5.54 Å². The summed E-state index contributed by atoms with van der Waals surface area (Å²) in [6, 6.07) is 0. The van der Waals surface area contributed by atoms with E-state index in [1.54, 1.807) is 0 Å². The van der Waals surface area contributed by atoms with Gasteiger partial charge in [0.1, 0.15) is 0 Å². The molecule has 1 saturated carbocycles. The van der Waals surface area contributed by atoms with Gasteiger partial charge in [-0.05, 0) is 31.1 Å². The van der Waals surface area contributed by atoms with Crippen molar-refractivity contribution in [2.24, 2.45) is 17.6 Å². The Morgan fingerprint density at radius 3 is 2.44 bits per heavy atom. The number of hydrogen-bond donors (Lipinski definition) is 1. The molecule has 0 amide bonds. The summed E-state index contributed by atoms with van der Waals surface area (Å²) in [4.78, 5) is 0. The van der Waals surface area contributed by atoms with Gasteiger partial charge in [0.15, 0.2) is 0 Å². The van der Waals surface area contributed by atoms with Crippen molar-refractivity contribution in [1.29, 1.82) is 0 Å². The molecule has 108 valence electrons. The van der Waals surface area contributed by atoms with E-state index in [4.69, 9.17) is 5.73 Å². The first-order valence-corrected chi connectivity index (χ1v) is 8.36. The van der Waals surface area contributed by atoms with Crippen molar-refractivity contribution >= 4 is 0 Å². The second-order valence-corrected chi connectivity index (χ2v) is 6.98. The van der Waals surface area contributed by atoms with Crippen LogP contribution in [-0.4, -0.2) is 5.54 Å². The van der Waals surface area contributed by atoms with E-state index in [0.29, 0.717) is 0 Å². The van der Waals surface area contributed by atoms with Crippen LogP contribution >= 0.6 is 0 Å². The van der Waals surface area contributed by atoms with Gasteiger partial charge >= 0.3 is 0 Å². The third-order valence-electron chi connectivity index (χ3n) is 4.89. The fourth-order valence-corrected chi connectivity index (χ4v) is 3.50. The van der Waals surface area contributed by atoms with E-state index in [9.17, 15) is 0 Å². The van der Waals surface area contributed by atoms with Crippen LogP contribution in [0.3, 0.4) is 0 Å². The van der Waals surface area contributed by atoms with Gasteiger partial charge in [0.25, 0.3) is 0 Å². The standard InChI is InChI=1S/C17H35N/c1-4-5-6-7-8-9-12-17(18)13-10-11-16(14-17)15(2)3/h15-16H,4-14,18H2,1-3H3. The van der Waals surface area contributed by atoms with E-state index in [0.717, 1.165) is 11.8 Å². The highest BCUT2D eigenvalue weighted by Gasteiger charge is 2.33. The van der Waals surface area contributed by atoms with Gasteiger partial charge in [-0.25, -0.2) is 0 Å². The van der Waals surface area contributed by atoms with Crippen LogP contribution in [0.25, 0.3) is 0 Å². The molecule has 0 aromatic carbocycles. The molecule has 0 aliphatic heterocycles. The Bertz CT molecular complexity index is 212. The van der Waals surface area contributed by atoms with Crippen LogP contribution in [-0.2, 0) is 0 Å². The molecule has 0 saturated heterocycles. The van der Waals surface area contributed by atoms with Gasteiger partial charge in [0.2, 0.25) is 0 Å². The van der Waals surface area contributed by atoms with Gasteiger partial charge in [0, 0.05) is 5.54 Å². The molecular weight excluding hydrogens is 218 g/mol. The van der Waals surface area contributed by atoms with Crippen molar-refractivity contribution in [1.82, 2.24) is 0 Å². The van der Waals surface area contributed by atoms with Crippen molar-refractivity contribution in [2.45, 2.75) is 96.9 Å². The van der Waals surface area contributed by atoms with E-state index < -0.39 is 0 Å². The van der Waals surface area contributed by atoms with Crippen LogP contribution in [0.2, 0.25) is 0 Å². The fraction of sp³-hybridized carbons (Fsp3) is 1.00. The Kier molecular flexibility index (Phi) is 7.29. The molecule has 0 spiro atoms. The molecule has 0 bridgehead atoms. The maximum Gasteiger partial charge on any atom is 0.0157 e. The molecule has 0 aromatic rings. The van der Waals surface area contributed by atoms with Crippen molar-refractivity contribution < 1.29 is 0 Å². The minimum absolute atomic E-state index is 0.179. The molecular formula is C17H35N. The first-order chi connectivity index (χ1) is 8.57. The van der Waals surface area contributed by atoms with Crippen LogP contribution in [0.5, 0.6) is 0 Å². The zero-order valence-corrected chi connectivity index (χ0v) is 13.0. The Hall–Kier alpha value is -0.0400. The molecule has 18 heavy (non-hydrogen) atoms. The lowest BCUT2D eigenvalue weighted by atomic mass is 9.70. The molecule has 2 N–H and O–H groups in total. The summed E-state index contributed by atoms with van der Waals surface area (Å²) in [5.74, 6) is 1.70.